The van der Waals surface area contributed by atoms with Crippen molar-refractivity contribution in [1.82, 2.24) is 15.4 Å². The van der Waals surface area contributed by atoms with Gasteiger partial charge in [-0.25, -0.2) is 13.1 Å². The molecule has 2 aromatic rings. The van der Waals surface area contributed by atoms with Crippen molar-refractivity contribution >= 4 is 27.7 Å². The minimum absolute atomic E-state index is 0.261. The van der Waals surface area contributed by atoms with E-state index in [1.165, 1.54) is 16.0 Å². The Morgan fingerprint density at radius 2 is 1.68 bits per heavy atom. The average Bonchev–Trinajstić information content (AvgIpc) is 2.68. The topological polar surface area (TPSA) is 82.6 Å². The molecule has 2 rings (SSSR count). The predicted molar refractivity (Wildman–Crippen MR) is 118 cm³/mol. The van der Waals surface area contributed by atoms with Gasteiger partial charge in [0, 0.05) is 31.6 Å². The molecule has 0 bridgehead atoms. The zero-order valence-corrected chi connectivity index (χ0v) is 18.4. The van der Waals surface area contributed by atoms with E-state index in [0.717, 1.165) is 5.56 Å². The monoisotopic (exact) mass is 420 g/mol. The zero-order valence-electron chi connectivity index (χ0n) is 16.7. The Morgan fingerprint density at radius 1 is 1.00 bits per heavy atom. The van der Waals surface area contributed by atoms with Gasteiger partial charge in [0.1, 0.15) is 0 Å². The number of rotatable bonds is 8. The Morgan fingerprint density at radius 3 is 2.32 bits per heavy atom. The van der Waals surface area contributed by atoms with Gasteiger partial charge in [-0.15, -0.1) is 11.8 Å². The van der Waals surface area contributed by atoms with Crippen LogP contribution in [-0.2, 0) is 16.6 Å². The highest BCUT2D eigenvalue weighted by molar-refractivity contribution is 7.98. The minimum atomic E-state index is -3.50. The summed E-state index contributed by atoms with van der Waals surface area (Å²) in [4.78, 5) is 5.69. The fraction of sp³-hybridized carbons (Fsp3) is 0.350. The molecule has 6 nitrogen and oxygen atoms in total. The van der Waals surface area contributed by atoms with Gasteiger partial charge in [-0.3, -0.25) is 4.99 Å². The Bertz CT molecular complexity index is 910. The maximum atomic E-state index is 12.3. The second kappa shape index (κ2) is 10.5. The predicted octanol–water partition coefficient (Wildman–Crippen LogP) is 2.67. The van der Waals surface area contributed by atoms with Gasteiger partial charge in [-0.2, -0.15) is 0 Å². The summed E-state index contributed by atoms with van der Waals surface area (Å²) in [7, 11) is -1.81. The van der Waals surface area contributed by atoms with E-state index in [-0.39, 0.29) is 11.4 Å². The van der Waals surface area contributed by atoms with Crippen LogP contribution in [-0.4, -0.2) is 40.8 Å². The number of aryl methyl sites for hydroxylation is 2. The number of guanidine groups is 1. The zero-order chi connectivity index (χ0) is 20.6. The summed E-state index contributed by atoms with van der Waals surface area (Å²) >= 11 is 1.71. The molecule has 0 radical (unpaired) electrons. The van der Waals surface area contributed by atoms with Crippen molar-refractivity contribution in [3.05, 3.63) is 59.2 Å². The molecular weight excluding hydrogens is 392 g/mol. The smallest absolute Gasteiger partial charge is 0.240 e. The van der Waals surface area contributed by atoms with Gasteiger partial charge in [-0.05, 0) is 49.4 Å². The number of hydrogen-bond acceptors (Lipinski definition) is 4. The van der Waals surface area contributed by atoms with E-state index in [9.17, 15) is 8.42 Å². The van der Waals surface area contributed by atoms with Crippen molar-refractivity contribution in [2.24, 2.45) is 4.99 Å². The molecule has 8 heteroatoms. The summed E-state index contributed by atoms with van der Waals surface area (Å²) < 4.78 is 27.2. The van der Waals surface area contributed by atoms with E-state index in [0.29, 0.717) is 19.0 Å². The third-order valence-corrected chi connectivity index (χ3v) is 6.45. The van der Waals surface area contributed by atoms with E-state index in [2.05, 4.69) is 51.7 Å². The highest BCUT2D eigenvalue weighted by Crippen LogP contribution is 2.21. The molecule has 0 aliphatic carbocycles. The van der Waals surface area contributed by atoms with Crippen LogP contribution in [0.3, 0.4) is 0 Å². The molecule has 3 N–H and O–H groups in total. The Kier molecular flexibility index (Phi) is 8.35. The van der Waals surface area contributed by atoms with Gasteiger partial charge in [-0.1, -0.05) is 29.8 Å². The van der Waals surface area contributed by atoms with Crippen molar-refractivity contribution in [3.63, 3.8) is 0 Å². The second-order valence-electron chi connectivity index (χ2n) is 6.38. The molecule has 0 unspecified atom stereocenters. The maximum Gasteiger partial charge on any atom is 0.240 e. The van der Waals surface area contributed by atoms with Crippen LogP contribution in [0.5, 0.6) is 0 Å². The van der Waals surface area contributed by atoms with Gasteiger partial charge >= 0.3 is 0 Å². The molecular formula is C20H28N4O2S2. The van der Waals surface area contributed by atoms with Crippen LogP contribution < -0.4 is 15.4 Å². The quantitative estimate of drug-likeness (QED) is 0.265. The Hall–Kier alpha value is -2.03. The molecule has 0 aromatic heterocycles. The van der Waals surface area contributed by atoms with Crippen LogP contribution in [0.1, 0.15) is 16.7 Å². The summed E-state index contributed by atoms with van der Waals surface area (Å²) in [5.41, 5.74) is 3.45. The van der Waals surface area contributed by atoms with Crippen LogP contribution in [0.25, 0.3) is 0 Å². The van der Waals surface area contributed by atoms with E-state index in [4.69, 9.17) is 0 Å². The summed E-state index contributed by atoms with van der Waals surface area (Å²) in [6, 6.07) is 13.1. The van der Waals surface area contributed by atoms with Crippen LogP contribution in [0, 0.1) is 13.8 Å². The summed E-state index contributed by atoms with van der Waals surface area (Å²) in [6.07, 6.45) is 2.06. The lowest BCUT2D eigenvalue weighted by Crippen LogP contribution is -2.41. The molecule has 0 saturated heterocycles. The molecule has 0 amide bonds. The molecule has 0 atom stereocenters. The Balaban J connectivity index is 1.82. The summed E-state index contributed by atoms with van der Waals surface area (Å²) in [5.74, 6) is 0.627. The highest BCUT2D eigenvalue weighted by atomic mass is 32.2. The SMILES string of the molecule is CN=C(NCCNS(=O)(=O)c1ccc(C)cc1)NCc1ccc(C)cc1SC. The first-order chi connectivity index (χ1) is 13.4. The van der Waals surface area contributed by atoms with E-state index in [1.54, 1.807) is 43.1 Å². The van der Waals surface area contributed by atoms with Crippen LogP contribution in [0.4, 0.5) is 0 Å². The third-order valence-electron chi connectivity index (χ3n) is 4.15. The van der Waals surface area contributed by atoms with Crippen LogP contribution in [0.15, 0.2) is 57.2 Å². The van der Waals surface area contributed by atoms with Crippen molar-refractivity contribution in [2.45, 2.75) is 30.2 Å². The fourth-order valence-corrected chi connectivity index (χ4v) is 4.30. The first kappa shape index (κ1) is 22.3. The molecule has 2 aromatic carbocycles. The molecule has 0 heterocycles. The lowest BCUT2D eigenvalue weighted by molar-refractivity contribution is 0.580. The standard InChI is InChI=1S/C20H28N4O2S2/c1-15-6-9-18(10-7-15)28(25,26)24-12-11-22-20(21-3)23-14-17-8-5-16(2)13-19(17)27-4/h5-10,13,24H,11-12,14H2,1-4H3,(H2,21,22,23). The van der Waals surface area contributed by atoms with Gasteiger partial charge in [0.25, 0.3) is 0 Å². The molecule has 28 heavy (non-hydrogen) atoms. The highest BCUT2D eigenvalue weighted by Gasteiger charge is 2.12. The minimum Gasteiger partial charge on any atom is -0.355 e. The number of nitrogens with one attached hydrogen (secondary N) is 3. The lowest BCUT2D eigenvalue weighted by Gasteiger charge is -2.14. The second-order valence-corrected chi connectivity index (χ2v) is 8.99. The lowest BCUT2D eigenvalue weighted by atomic mass is 10.1. The van der Waals surface area contributed by atoms with Crippen molar-refractivity contribution in [2.75, 3.05) is 26.4 Å². The van der Waals surface area contributed by atoms with Gasteiger partial charge in [0.2, 0.25) is 10.0 Å². The number of thioether (sulfide) groups is 1. The normalized spacial score (nSPS) is 12.1. The Labute approximate surface area is 172 Å². The first-order valence-corrected chi connectivity index (χ1v) is 11.7. The van der Waals surface area contributed by atoms with Gasteiger partial charge in [0.15, 0.2) is 5.96 Å². The van der Waals surface area contributed by atoms with Crippen molar-refractivity contribution in [3.8, 4) is 0 Å². The van der Waals surface area contributed by atoms with Gasteiger partial charge < -0.3 is 10.6 Å². The number of sulfonamides is 1. The average molecular weight is 421 g/mol. The number of nitrogens with zero attached hydrogens (tertiary/aromatic N) is 1. The van der Waals surface area contributed by atoms with E-state index in [1.807, 2.05) is 6.92 Å². The third kappa shape index (κ3) is 6.54. The van der Waals surface area contributed by atoms with Crippen LogP contribution >= 0.6 is 11.8 Å². The number of benzene rings is 2. The fourth-order valence-electron chi connectivity index (χ4n) is 2.56. The van der Waals surface area contributed by atoms with Gasteiger partial charge in [0.05, 0.1) is 4.90 Å². The number of aliphatic imine (C=N–C) groups is 1. The molecule has 0 fully saturated rings. The summed E-state index contributed by atoms with van der Waals surface area (Å²) in [6.45, 7) is 5.33. The molecule has 0 aliphatic heterocycles. The van der Waals surface area contributed by atoms with Crippen LogP contribution in [0.2, 0.25) is 0 Å². The number of hydrogen-bond donors (Lipinski definition) is 3. The maximum absolute atomic E-state index is 12.3. The van der Waals surface area contributed by atoms with Crippen molar-refractivity contribution < 1.29 is 8.42 Å². The molecule has 0 aliphatic rings. The molecule has 0 spiro atoms. The largest absolute Gasteiger partial charge is 0.355 e. The molecule has 0 saturated carbocycles. The summed E-state index contributed by atoms with van der Waals surface area (Å²) in [5, 5.41) is 6.39. The first-order valence-electron chi connectivity index (χ1n) is 9.00. The van der Waals surface area contributed by atoms with E-state index >= 15 is 0 Å². The van der Waals surface area contributed by atoms with E-state index < -0.39 is 10.0 Å². The van der Waals surface area contributed by atoms with Crippen molar-refractivity contribution in [1.29, 1.82) is 0 Å². The molecule has 152 valence electrons.